The van der Waals surface area contributed by atoms with Crippen molar-refractivity contribution < 1.29 is 14.6 Å². The number of carbonyl (C=O) groups excluding carboxylic acids is 1. The van der Waals surface area contributed by atoms with Crippen LogP contribution in [-0.2, 0) is 9.53 Å². The van der Waals surface area contributed by atoms with E-state index in [9.17, 15) is 9.90 Å². The van der Waals surface area contributed by atoms with Crippen LogP contribution in [-0.4, -0.2) is 23.3 Å². The lowest BCUT2D eigenvalue weighted by atomic mass is 9.85. The first kappa shape index (κ1) is 9.52. The maximum absolute atomic E-state index is 11.1. The summed E-state index contributed by atoms with van der Waals surface area (Å²) in [7, 11) is 0. The number of hydrogen-bond acceptors (Lipinski definition) is 3. The molecule has 1 rings (SSSR count). The SMILES string of the molecule is CC[C@H]1OC(=O)[C@H](C)[C@H](O)[C@@H]1C. The van der Waals surface area contributed by atoms with Gasteiger partial charge in [0.1, 0.15) is 6.10 Å². The van der Waals surface area contributed by atoms with E-state index in [1.54, 1.807) is 6.92 Å². The maximum atomic E-state index is 11.1. The predicted molar refractivity (Wildman–Crippen MR) is 44.5 cm³/mol. The van der Waals surface area contributed by atoms with Gasteiger partial charge in [-0.2, -0.15) is 0 Å². The van der Waals surface area contributed by atoms with E-state index in [-0.39, 0.29) is 23.9 Å². The molecule has 0 aromatic carbocycles. The molecule has 0 unspecified atom stereocenters. The number of rotatable bonds is 1. The van der Waals surface area contributed by atoms with E-state index in [1.165, 1.54) is 0 Å². The zero-order chi connectivity index (χ0) is 9.30. The van der Waals surface area contributed by atoms with Gasteiger partial charge in [0.2, 0.25) is 0 Å². The van der Waals surface area contributed by atoms with Crippen LogP contribution < -0.4 is 0 Å². The van der Waals surface area contributed by atoms with Crippen molar-refractivity contribution >= 4 is 5.97 Å². The fourth-order valence-corrected chi connectivity index (χ4v) is 1.63. The number of aliphatic hydroxyl groups is 1. The summed E-state index contributed by atoms with van der Waals surface area (Å²) >= 11 is 0. The molecule has 0 aromatic rings. The molecular formula is C9H16O3. The third-order valence-corrected chi connectivity index (χ3v) is 2.68. The highest BCUT2D eigenvalue weighted by Gasteiger charge is 2.39. The van der Waals surface area contributed by atoms with Crippen molar-refractivity contribution in [3.05, 3.63) is 0 Å². The second-order valence-electron chi connectivity index (χ2n) is 3.52. The van der Waals surface area contributed by atoms with Gasteiger partial charge in [0.15, 0.2) is 0 Å². The van der Waals surface area contributed by atoms with Gasteiger partial charge in [0, 0.05) is 5.92 Å². The van der Waals surface area contributed by atoms with Gasteiger partial charge in [-0.25, -0.2) is 0 Å². The zero-order valence-electron chi connectivity index (χ0n) is 7.78. The molecule has 0 amide bonds. The van der Waals surface area contributed by atoms with Crippen LogP contribution in [0.4, 0.5) is 0 Å². The Kier molecular flexibility index (Phi) is 2.73. The van der Waals surface area contributed by atoms with Crippen molar-refractivity contribution in [2.24, 2.45) is 11.8 Å². The largest absolute Gasteiger partial charge is 0.462 e. The Labute approximate surface area is 72.7 Å². The van der Waals surface area contributed by atoms with Crippen molar-refractivity contribution in [1.82, 2.24) is 0 Å². The Morgan fingerprint density at radius 3 is 2.58 bits per heavy atom. The fourth-order valence-electron chi connectivity index (χ4n) is 1.63. The van der Waals surface area contributed by atoms with E-state index < -0.39 is 6.10 Å². The number of carbonyl (C=O) groups is 1. The smallest absolute Gasteiger partial charge is 0.311 e. The third-order valence-electron chi connectivity index (χ3n) is 2.68. The summed E-state index contributed by atoms with van der Waals surface area (Å²) in [5.41, 5.74) is 0. The van der Waals surface area contributed by atoms with Crippen molar-refractivity contribution in [2.75, 3.05) is 0 Å². The molecule has 3 heteroatoms. The van der Waals surface area contributed by atoms with Crippen LogP contribution in [0, 0.1) is 11.8 Å². The van der Waals surface area contributed by atoms with Crippen LogP contribution in [0.3, 0.4) is 0 Å². The predicted octanol–water partition coefficient (Wildman–Crippen LogP) is 0.955. The topological polar surface area (TPSA) is 46.5 Å². The first-order chi connectivity index (χ1) is 5.57. The van der Waals surface area contributed by atoms with Crippen LogP contribution in [0.2, 0.25) is 0 Å². The maximum Gasteiger partial charge on any atom is 0.311 e. The Morgan fingerprint density at radius 1 is 1.50 bits per heavy atom. The lowest BCUT2D eigenvalue weighted by Crippen LogP contribution is -2.46. The quantitative estimate of drug-likeness (QED) is 0.599. The van der Waals surface area contributed by atoms with Gasteiger partial charge in [-0.15, -0.1) is 0 Å². The van der Waals surface area contributed by atoms with E-state index in [0.717, 1.165) is 6.42 Å². The molecule has 1 fully saturated rings. The average molecular weight is 172 g/mol. The Bertz CT molecular complexity index is 177. The first-order valence-corrected chi connectivity index (χ1v) is 4.46. The van der Waals surface area contributed by atoms with Gasteiger partial charge >= 0.3 is 5.97 Å². The zero-order valence-corrected chi connectivity index (χ0v) is 7.78. The number of ether oxygens (including phenoxy) is 1. The molecule has 1 heterocycles. The van der Waals surface area contributed by atoms with Gasteiger partial charge in [0.05, 0.1) is 12.0 Å². The number of esters is 1. The second kappa shape index (κ2) is 3.44. The molecule has 0 radical (unpaired) electrons. The molecule has 0 spiro atoms. The molecule has 12 heavy (non-hydrogen) atoms. The highest BCUT2D eigenvalue weighted by atomic mass is 16.5. The molecule has 1 aliphatic rings. The van der Waals surface area contributed by atoms with E-state index in [4.69, 9.17) is 4.74 Å². The van der Waals surface area contributed by atoms with Crippen molar-refractivity contribution in [1.29, 1.82) is 0 Å². The summed E-state index contributed by atoms with van der Waals surface area (Å²) in [6.45, 7) is 5.58. The number of hydrogen-bond donors (Lipinski definition) is 1. The molecule has 0 aromatic heterocycles. The molecular weight excluding hydrogens is 156 g/mol. The van der Waals surface area contributed by atoms with Crippen LogP contribution in [0.15, 0.2) is 0 Å². The summed E-state index contributed by atoms with van der Waals surface area (Å²) in [6.07, 6.45) is 0.122. The van der Waals surface area contributed by atoms with Gasteiger partial charge in [-0.1, -0.05) is 13.8 Å². The minimum Gasteiger partial charge on any atom is -0.462 e. The summed E-state index contributed by atoms with van der Waals surface area (Å²) in [5, 5.41) is 9.62. The highest BCUT2D eigenvalue weighted by Crippen LogP contribution is 2.27. The van der Waals surface area contributed by atoms with E-state index in [0.29, 0.717) is 0 Å². The van der Waals surface area contributed by atoms with E-state index in [1.807, 2.05) is 13.8 Å². The molecule has 1 saturated heterocycles. The monoisotopic (exact) mass is 172 g/mol. The minimum absolute atomic E-state index is 0.0581. The van der Waals surface area contributed by atoms with E-state index in [2.05, 4.69) is 0 Å². The summed E-state index contributed by atoms with van der Waals surface area (Å²) in [6, 6.07) is 0. The minimum atomic E-state index is -0.545. The molecule has 0 saturated carbocycles. The lowest BCUT2D eigenvalue weighted by Gasteiger charge is -2.35. The van der Waals surface area contributed by atoms with Crippen molar-refractivity contribution in [2.45, 2.75) is 39.4 Å². The normalized spacial score (nSPS) is 42.5. The molecule has 0 aliphatic carbocycles. The second-order valence-corrected chi connectivity index (χ2v) is 3.52. The molecule has 70 valence electrons. The summed E-state index contributed by atoms with van der Waals surface area (Å²) in [4.78, 5) is 11.1. The lowest BCUT2D eigenvalue weighted by molar-refractivity contribution is -0.177. The third kappa shape index (κ3) is 1.46. The first-order valence-electron chi connectivity index (χ1n) is 4.46. The number of cyclic esters (lactones) is 1. The van der Waals surface area contributed by atoms with Gasteiger partial charge in [-0.3, -0.25) is 4.79 Å². The Morgan fingerprint density at radius 2 is 2.08 bits per heavy atom. The van der Waals surface area contributed by atoms with Gasteiger partial charge < -0.3 is 9.84 Å². The van der Waals surface area contributed by atoms with Gasteiger partial charge in [-0.05, 0) is 13.3 Å². The fraction of sp³-hybridized carbons (Fsp3) is 0.889. The number of aliphatic hydroxyl groups excluding tert-OH is 1. The van der Waals surface area contributed by atoms with Crippen molar-refractivity contribution in [3.8, 4) is 0 Å². The highest BCUT2D eigenvalue weighted by molar-refractivity contribution is 5.73. The molecule has 4 atom stereocenters. The standard InChI is InChI=1S/C9H16O3/c1-4-7-5(2)8(10)6(3)9(11)12-7/h5-8,10H,4H2,1-3H3/t5-,6-,7-,8-/m1/s1. The Hall–Kier alpha value is -0.570. The molecule has 1 aliphatic heterocycles. The summed E-state index contributed by atoms with van der Waals surface area (Å²) < 4.78 is 5.13. The average Bonchev–Trinajstić information content (AvgIpc) is 2.08. The Balaban J connectivity index is 2.70. The summed E-state index contributed by atoms with van der Waals surface area (Å²) in [5.74, 6) is -0.585. The molecule has 1 N–H and O–H groups in total. The molecule has 0 bridgehead atoms. The van der Waals surface area contributed by atoms with Crippen LogP contribution in [0.25, 0.3) is 0 Å². The van der Waals surface area contributed by atoms with E-state index >= 15 is 0 Å². The van der Waals surface area contributed by atoms with Crippen LogP contribution in [0.1, 0.15) is 27.2 Å². The molecule has 3 nitrogen and oxygen atoms in total. The van der Waals surface area contributed by atoms with Crippen molar-refractivity contribution in [3.63, 3.8) is 0 Å². The van der Waals surface area contributed by atoms with Crippen LogP contribution in [0.5, 0.6) is 0 Å². The van der Waals surface area contributed by atoms with Crippen LogP contribution >= 0.6 is 0 Å². The van der Waals surface area contributed by atoms with Gasteiger partial charge in [0.25, 0.3) is 0 Å².